The van der Waals surface area contributed by atoms with Gasteiger partial charge in [-0.15, -0.1) is 0 Å². The molecule has 136 valence electrons. The molecule has 0 aromatic heterocycles. The molecule has 2 aliphatic rings. The van der Waals surface area contributed by atoms with Crippen molar-refractivity contribution in [2.75, 3.05) is 26.7 Å². The molecule has 0 aromatic carbocycles. The van der Waals surface area contributed by atoms with Crippen molar-refractivity contribution in [1.82, 2.24) is 20.4 Å². The first-order valence-electron chi connectivity index (χ1n) is 8.77. The number of nitrogens with one attached hydrogen (secondary N) is 2. The number of likely N-dealkylation sites (tertiary alicyclic amines) is 2. The van der Waals surface area contributed by atoms with Crippen LogP contribution in [0.3, 0.4) is 0 Å². The normalized spacial score (nSPS) is 23.2. The molecule has 0 bridgehead atoms. The maximum atomic E-state index is 12.3. The highest BCUT2D eigenvalue weighted by molar-refractivity contribution is 5.87. The zero-order valence-corrected chi connectivity index (χ0v) is 15.2. The molecule has 2 N–H and O–H groups in total. The molecule has 0 radical (unpaired) electrons. The van der Waals surface area contributed by atoms with E-state index >= 15 is 0 Å². The number of rotatable bonds is 2. The van der Waals surface area contributed by atoms with Crippen LogP contribution in [0, 0.1) is 5.92 Å². The zero-order valence-electron chi connectivity index (χ0n) is 15.2. The molecular formula is C17H30N4O3. The standard InChI is InChI=1S/C17H30N4O3/c1-17(2,3)19-16(24)21-9-6-13(7-10-21)18-15(23)12-5-8-20(4)14(22)11-12/h12-13H,5-11H2,1-4H3,(H,18,23)(H,19,24). The summed E-state index contributed by atoms with van der Waals surface area (Å²) >= 11 is 0. The summed E-state index contributed by atoms with van der Waals surface area (Å²) in [6.07, 6.45) is 2.53. The molecule has 2 heterocycles. The van der Waals surface area contributed by atoms with Crippen molar-refractivity contribution in [3.05, 3.63) is 0 Å². The molecule has 0 aliphatic carbocycles. The van der Waals surface area contributed by atoms with Gasteiger partial charge in [0.25, 0.3) is 0 Å². The van der Waals surface area contributed by atoms with Crippen LogP contribution in [0.5, 0.6) is 0 Å². The second-order valence-corrected chi connectivity index (χ2v) is 7.96. The highest BCUT2D eigenvalue weighted by Crippen LogP contribution is 2.19. The Balaban J connectivity index is 1.76. The third kappa shape index (κ3) is 5.11. The minimum Gasteiger partial charge on any atom is -0.353 e. The first-order chi connectivity index (χ1) is 11.2. The van der Waals surface area contributed by atoms with E-state index in [1.54, 1.807) is 16.8 Å². The van der Waals surface area contributed by atoms with Crippen molar-refractivity contribution in [3.8, 4) is 0 Å². The smallest absolute Gasteiger partial charge is 0.317 e. The van der Waals surface area contributed by atoms with Crippen LogP contribution in [0.15, 0.2) is 0 Å². The van der Waals surface area contributed by atoms with Gasteiger partial charge in [0.1, 0.15) is 0 Å². The fraction of sp³-hybridized carbons (Fsp3) is 0.824. The molecule has 2 fully saturated rings. The highest BCUT2D eigenvalue weighted by atomic mass is 16.2. The Morgan fingerprint density at radius 3 is 2.25 bits per heavy atom. The maximum Gasteiger partial charge on any atom is 0.317 e. The minimum atomic E-state index is -0.247. The first kappa shape index (κ1) is 18.5. The lowest BCUT2D eigenvalue weighted by molar-refractivity contribution is -0.139. The summed E-state index contributed by atoms with van der Waals surface area (Å²) in [4.78, 5) is 39.7. The Morgan fingerprint density at radius 1 is 1.08 bits per heavy atom. The summed E-state index contributed by atoms with van der Waals surface area (Å²) in [5.74, 6) is -0.194. The third-order valence-corrected chi connectivity index (χ3v) is 4.64. The van der Waals surface area contributed by atoms with E-state index in [9.17, 15) is 14.4 Å². The summed E-state index contributed by atoms with van der Waals surface area (Å²) in [5, 5.41) is 6.03. The molecule has 1 atom stereocenters. The van der Waals surface area contributed by atoms with Gasteiger partial charge in [-0.3, -0.25) is 9.59 Å². The molecule has 1 unspecified atom stereocenters. The van der Waals surface area contributed by atoms with E-state index in [0.29, 0.717) is 26.1 Å². The number of urea groups is 1. The van der Waals surface area contributed by atoms with Crippen molar-refractivity contribution < 1.29 is 14.4 Å². The lowest BCUT2D eigenvalue weighted by atomic mass is 9.94. The number of carbonyl (C=O) groups excluding carboxylic acids is 3. The van der Waals surface area contributed by atoms with E-state index in [1.165, 1.54) is 0 Å². The van der Waals surface area contributed by atoms with Crippen molar-refractivity contribution in [2.24, 2.45) is 5.92 Å². The Bertz CT molecular complexity index is 493. The fourth-order valence-corrected chi connectivity index (χ4v) is 3.11. The number of hydrogen-bond donors (Lipinski definition) is 2. The zero-order chi connectivity index (χ0) is 17.9. The van der Waals surface area contributed by atoms with E-state index in [0.717, 1.165) is 19.3 Å². The molecule has 24 heavy (non-hydrogen) atoms. The molecule has 0 spiro atoms. The molecule has 2 aliphatic heterocycles. The summed E-state index contributed by atoms with van der Waals surface area (Å²) in [7, 11) is 1.77. The molecule has 0 aromatic rings. The monoisotopic (exact) mass is 338 g/mol. The molecule has 4 amide bonds. The second kappa shape index (κ2) is 7.40. The fourth-order valence-electron chi connectivity index (χ4n) is 3.11. The number of carbonyl (C=O) groups is 3. The Hall–Kier alpha value is -1.79. The van der Waals surface area contributed by atoms with Gasteiger partial charge < -0.3 is 20.4 Å². The summed E-state index contributed by atoms with van der Waals surface area (Å²) in [6.45, 7) is 7.79. The van der Waals surface area contributed by atoms with Crippen molar-refractivity contribution in [3.63, 3.8) is 0 Å². The summed E-state index contributed by atoms with van der Waals surface area (Å²) < 4.78 is 0. The third-order valence-electron chi connectivity index (χ3n) is 4.64. The van der Waals surface area contributed by atoms with Crippen LogP contribution < -0.4 is 10.6 Å². The quantitative estimate of drug-likeness (QED) is 0.786. The Morgan fingerprint density at radius 2 is 1.71 bits per heavy atom. The van der Waals surface area contributed by atoms with Gasteiger partial charge in [0.05, 0.1) is 0 Å². The predicted molar refractivity (Wildman–Crippen MR) is 91.4 cm³/mol. The largest absolute Gasteiger partial charge is 0.353 e. The predicted octanol–water partition coefficient (Wildman–Crippen LogP) is 0.944. The highest BCUT2D eigenvalue weighted by Gasteiger charge is 2.31. The van der Waals surface area contributed by atoms with E-state index in [2.05, 4.69) is 10.6 Å². The SMILES string of the molecule is CN1CCC(C(=O)NC2CCN(C(=O)NC(C)(C)C)CC2)CC1=O. The van der Waals surface area contributed by atoms with Gasteiger partial charge in [-0.2, -0.15) is 0 Å². The van der Waals surface area contributed by atoms with Gasteiger partial charge >= 0.3 is 6.03 Å². The van der Waals surface area contributed by atoms with Gasteiger partial charge in [0.15, 0.2) is 0 Å². The summed E-state index contributed by atoms with van der Waals surface area (Å²) in [5.41, 5.74) is -0.247. The van der Waals surface area contributed by atoms with E-state index in [-0.39, 0.29) is 35.3 Å². The molecule has 7 heteroatoms. The second-order valence-electron chi connectivity index (χ2n) is 7.96. The van der Waals surface area contributed by atoms with E-state index in [1.807, 2.05) is 20.8 Å². The average Bonchev–Trinajstić information content (AvgIpc) is 2.49. The number of hydrogen-bond acceptors (Lipinski definition) is 3. The van der Waals surface area contributed by atoms with Gasteiger partial charge in [-0.25, -0.2) is 4.79 Å². The molecule has 7 nitrogen and oxygen atoms in total. The number of nitrogens with zero attached hydrogens (tertiary/aromatic N) is 2. The van der Waals surface area contributed by atoms with Gasteiger partial charge in [-0.05, 0) is 40.0 Å². The molecule has 2 saturated heterocycles. The minimum absolute atomic E-state index is 0.0194. The maximum absolute atomic E-state index is 12.3. The lowest BCUT2D eigenvalue weighted by Crippen LogP contribution is -2.54. The van der Waals surface area contributed by atoms with Crippen LogP contribution in [-0.4, -0.2) is 65.9 Å². The van der Waals surface area contributed by atoms with Gasteiger partial charge in [0.2, 0.25) is 11.8 Å². The Labute approximate surface area is 144 Å². The van der Waals surface area contributed by atoms with Crippen molar-refractivity contribution in [1.29, 1.82) is 0 Å². The van der Waals surface area contributed by atoms with Crippen molar-refractivity contribution in [2.45, 2.75) is 58.0 Å². The van der Waals surface area contributed by atoms with Gasteiger partial charge in [0, 0.05) is 50.6 Å². The van der Waals surface area contributed by atoms with Crippen LogP contribution in [0.2, 0.25) is 0 Å². The van der Waals surface area contributed by atoms with Crippen molar-refractivity contribution >= 4 is 17.8 Å². The van der Waals surface area contributed by atoms with Gasteiger partial charge in [-0.1, -0.05) is 0 Å². The van der Waals surface area contributed by atoms with Crippen LogP contribution >= 0.6 is 0 Å². The van der Waals surface area contributed by atoms with Crippen LogP contribution in [0.1, 0.15) is 46.5 Å². The number of amides is 4. The Kier molecular flexibility index (Phi) is 5.72. The molecular weight excluding hydrogens is 308 g/mol. The molecule has 2 rings (SSSR count). The summed E-state index contributed by atoms with van der Waals surface area (Å²) in [6, 6.07) is 0.0409. The van der Waals surface area contributed by atoms with Crippen LogP contribution in [-0.2, 0) is 9.59 Å². The van der Waals surface area contributed by atoms with E-state index < -0.39 is 0 Å². The number of piperidine rings is 2. The van der Waals surface area contributed by atoms with E-state index in [4.69, 9.17) is 0 Å². The first-order valence-corrected chi connectivity index (χ1v) is 8.77. The average molecular weight is 338 g/mol. The topological polar surface area (TPSA) is 81.8 Å². The van der Waals surface area contributed by atoms with Crippen LogP contribution in [0.4, 0.5) is 4.79 Å². The molecule has 0 saturated carbocycles. The van der Waals surface area contributed by atoms with Crippen LogP contribution in [0.25, 0.3) is 0 Å². The lowest BCUT2D eigenvalue weighted by Gasteiger charge is -2.35.